The number of rotatable bonds is 2. The summed E-state index contributed by atoms with van der Waals surface area (Å²) in [4.78, 5) is 12.1. The van der Waals surface area contributed by atoms with Crippen molar-refractivity contribution in [3.63, 3.8) is 0 Å². The highest BCUT2D eigenvalue weighted by Gasteiger charge is 2.24. The lowest BCUT2D eigenvalue weighted by Gasteiger charge is -2.27. The number of halogens is 1. The number of amides is 1. The van der Waals surface area contributed by atoms with Gasteiger partial charge in [0.25, 0.3) is 0 Å². The molecule has 0 bridgehead atoms. The molecule has 4 heteroatoms. The van der Waals surface area contributed by atoms with E-state index in [0.29, 0.717) is 10.9 Å². The number of anilines is 1. The number of benzene rings is 1. The van der Waals surface area contributed by atoms with Gasteiger partial charge in [-0.1, -0.05) is 24.6 Å². The Balaban J connectivity index is 2.00. The first-order valence-corrected chi connectivity index (χ1v) is 6.74. The van der Waals surface area contributed by atoms with Crippen LogP contribution in [0.1, 0.15) is 25.3 Å². The Bertz CT molecular complexity index is 447. The smallest absolute Gasteiger partial charge is 0.241 e. The lowest BCUT2D eigenvalue weighted by molar-refractivity contribution is -0.119. The summed E-state index contributed by atoms with van der Waals surface area (Å²) >= 11 is 6.04. The van der Waals surface area contributed by atoms with Gasteiger partial charge in [0.1, 0.15) is 0 Å². The summed E-state index contributed by atoms with van der Waals surface area (Å²) in [5.41, 5.74) is 1.77. The van der Waals surface area contributed by atoms with E-state index in [1.807, 2.05) is 19.1 Å². The zero-order valence-electron chi connectivity index (χ0n) is 10.8. The Morgan fingerprint density at radius 3 is 2.94 bits per heavy atom. The zero-order valence-corrected chi connectivity index (χ0v) is 11.6. The number of carbonyl (C=O) groups is 1. The fourth-order valence-electron chi connectivity index (χ4n) is 2.21. The predicted molar refractivity (Wildman–Crippen MR) is 75.0 cm³/mol. The van der Waals surface area contributed by atoms with Gasteiger partial charge in [0.2, 0.25) is 5.91 Å². The van der Waals surface area contributed by atoms with Crippen molar-refractivity contribution in [2.45, 2.75) is 32.7 Å². The van der Waals surface area contributed by atoms with Crippen molar-refractivity contribution in [2.24, 2.45) is 5.92 Å². The van der Waals surface area contributed by atoms with Crippen LogP contribution in [0.2, 0.25) is 5.02 Å². The Morgan fingerprint density at radius 1 is 1.50 bits per heavy atom. The summed E-state index contributed by atoms with van der Waals surface area (Å²) in [7, 11) is 0. The van der Waals surface area contributed by atoms with E-state index >= 15 is 0 Å². The average Bonchev–Trinajstić information content (AvgIpc) is 2.34. The Morgan fingerprint density at radius 2 is 2.28 bits per heavy atom. The topological polar surface area (TPSA) is 41.1 Å². The fraction of sp³-hybridized carbons (Fsp3) is 0.500. The standard InChI is InChI=1S/C14H19ClN2O/c1-9-5-6-16-13(7-9)14(18)17-11-4-3-10(2)12(15)8-11/h3-4,8-9,13,16H,5-7H2,1-2H3,(H,17,18). The van der Waals surface area contributed by atoms with E-state index in [-0.39, 0.29) is 11.9 Å². The second-order valence-electron chi connectivity index (χ2n) is 5.09. The van der Waals surface area contributed by atoms with Crippen LogP contribution in [0.15, 0.2) is 18.2 Å². The highest BCUT2D eigenvalue weighted by atomic mass is 35.5. The van der Waals surface area contributed by atoms with Gasteiger partial charge in [-0.25, -0.2) is 0 Å². The van der Waals surface area contributed by atoms with Crippen molar-refractivity contribution < 1.29 is 4.79 Å². The average molecular weight is 267 g/mol. The molecule has 2 rings (SSSR count). The molecular formula is C14H19ClN2O. The third kappa shape index (κ3) is 3.24. The summed E-state index contributed by atoms with van der Waals surface area (Å²) < 4.78 is 0. The quantitative estimate of drug-likeness (QED) is 0.864. The van der Waals surface area contributed by atoms with Crippen LogP contribution >= 0.6 is 11.6 Å². The van der Waals surface area contributed by atoms with Crippen molar-refractivity contribution in [3.05, 3.63) is 28.8 Å². The third-order valence-corrected chi connectivity index (χ3v) is 3.83. The maximum atomic E-state index is 12.1. The van der Waals surface area contributed by atoms with Gasteiger partial charge in [-0.15, -0.1) is 0 Å². The summed E-state index contributed by atoms with van der Waals surface area (Å²) in [6.45, 7) is 5.04. The van der Waals surface area contributed by atoms with Crippen LogP contribution in [0.3, 0.4) is 0 Å². The van der Waals surface area contributed by atoms with Gasteiger partial charge >= 0.3 is 0 Å². The van der Waals surface area contributed by atoms with Crippen molar-refractivity contribution in [1.82, 2.24) is 5.32 Å². The maximum absolute atomic E-state index is 12.1. The van der Waals surface area contributed by atoms with E-state index in [1.165, 1.54) is 0 Å². The van der Waals surface area contributed by atoms with E-state index in [0.717, 1.165) is 30.6 Å². The minimum absolute atomic E-state index is 0.0291. The summed E-state index contributed by atoms with van der Waals surface area (Å²) in [5, 5.41) is 6.84. The molecule has 18 heavy (non-hydrogen) atoms. The van der Waals surface area contributed by atoms with E-state index in [9.17, 15) is 4.79 Å². The molecule has 1 aliphatic rings. The molecule has 1 aromatic rings. The number of nitrogens with one attached hydrogen (secondary N) is 2. The van der Waals surface area contributed by atoms with Crippen LogP contribution in [-0.2, 0) is 4.79 Å². The Hall–Kier alpha value is -1.06. The summed E-state index contributed by atoms with van der Waals surface area (Å²) in [6, 6.07) is 5.50. The van der Waals surface area contributed by atoms with Crippen molar-refractivity contribution in [1.29, 1.82) is 0 Å². The minimum Gasteiger partial charge on any atom is -0.325 e. The van der Waals surface area contributed by atoms with Gasteiger partial charge in [0, 0.05) is 10.7 Å². The first-order valence-electron chi connectivity index (χ1n) is 6.36. The number of piperidine rings is 1. The molecule has 1 saturated heterocycles. The van der Waals surface area contributed by atoms with E-state index in [1.54, 1.807) is 6.07 Å². The van der Waals surface area contributed by atoms with Crippen molar-refractivity contribution in [2.75, 3.05) is 11.9 Å². The second-order valence-corrected chi connectivity index (χ2v) is 5.50. The molecule has 0 aromatic heterocycles. The first-order chi connectivity index (χ1) is 8.56. The van der Waals surface area contributed by atoms with Gasteiger partial charge in [0.05, 0.1) is 6.04 Å². The molecule has 2 N–H and O–H groups in total. The van der Waals surface area contributed by atoms with Crippen LogP contribution < -0.4 is 10.6 Å². The maximum Gasteiger partial charge on any atom is 0.241 e. The molecule has 98 valence electrons. The van der Waals surface area contributed by atoms with Crippen LogP contribution in [0.5, 0.6) is 0 Å². The molecule has 1 heterocycles. The summed E-state index contributed by atoms with van der Waals surface area (Å²) in [6.07, 6.45) is 2.03. The molecule has 0 aliphatic carbocycles. The molecule has 2 atom stereocenters. The first kappa shape index (κ1) is 13.4. The van der Waals surface area contributed by atoms with E-state index < -0.39 is 0 Å². The highest BCUT2D eigenvalue weighted by molar-refractivity contribution is 6.31. The van der Waals surface area contributed by atoms with Crippen LogP contribution in [-0.4, -0.2) is 18.5 Å². The van der Waals surface area contributed by atoms with E-state index in [2.05, 4.69) is 17.6 Å². The van der Waals surface area contributed by atoms with Crippen LogP contribution in [0.4, 0.5) is 5.69 Å². The number of carbonyl (C=O) groups excluding carboxylic acids is 1. The normalized spacial score (nSPS) is 23.7. The SMILES string of the molecule is Cc1ccc(NC(=O)C2CC(C)CCN2)cc1Cl. The van der Waals surface area contributed by atoms with Gasteiger partial charge in [-0.3, -0.25) is 4.79 Å². The molecule has 1 fully saturated rings. The van der Waals surface area contributed by atoms with Gasteiger partial charge in [0.15, 0.2) is 0 Å². The van der Waals surface area contributed by atoms with Gasteiger partial charge in [-0.05, 0) is 49.9 Å². The fourth-order valence-corrected chi connectivity index (χ4v) is 2.39. The molecular weight excluding hydrogens is 248 g/mol. The van der Waals surface area contributed by atoms with Gasteiger partial charge < -0.3 is 10.6 Å². The van der Waals surface area contributed by atoms with Crippen LogP contribution in [0.25, 0.3) is 0 Å². The molecule has 0 saturated carbocycles. The third-order valence-electron chi connectivity index (χ3n) is 3.42. The zero-order chi connectivity index (χ0) is 13.1. The largest absolute Gasteiger partial charge is 0.325 e. The monoisotopic (exact) mass is 266 g/mol. The van der Waals surface area contributed by atoms with E-state index in [4.69, 9.17) is 11.6 Å². The molecule has 1 amide bonds. The lowest BCUT2D eigenvalue weighted by atomic mass is 9.94. The summed E-state index contributed by atoms with van der Waals surface area (Å²) in [5.74, 6) is 0.630. The molecule has 0 spiro atoms. The van der Waals surface area contributed by atoms with Gasteiger partial charge in [-0.2, -0.15) is 0 Å². The molecule has 1 aromatic carbocycles. The second kappa shape index (κ2) is 5.72. The molecule has 3 nitrogen and oxygen atoms in total. The highest BCUT2D eigenvalue weighted by Crippen LogP contribution is 2.21. The van der Waals surface area contributed by atoms with Crippen molar-refractivity contribution in [3.8, 4) is 0 Å². The van der Waals surface area contributed by atoms with Crippen molar-refractivity contribution >= 4 is 23.2 Å². The molecule has 1 aliphatic heterocycles. The van der Waals surface area contributed by atoms with Crippen LogP contribution in [0, 0.1) is 12.8 Å². The Labute approximate surface area is 113 Å². The number of hydrogen-bond acceptors (Lipinski definition) is 2. The number of hydrogen-bond donors (Lipinski definition) is 2. The minimum atomic E-state index is -0.0890. The number of aryl methyl sites for hydroxylation is 1. The molecule has 2 unspecified atom stereocenters. The Kier molecular flexibility index (Phi) is 4.25. The lowest BCUT2D eigenvalue weighted by Crippen LogP contribution is -2.45. The molecule has 0 radical (unpaired) electrons. The predicted octanol–water partition coefficient (Wildman–Crippen LogP) is 2.98.